The van der Waals surface area contributed by atoms with Gasteiger partial charge in [0.1, 0.15) is 0 Å². The van der Waals surface area contributed by atoms with Gasteiger partial charge in [-0.3, -0.25) is 14.2 Å². The Hall–Kier alpha value is -3.96. The number of halogens is 3. The molecule has 2 aromatic carbocycles. The van der Waals surface area contributed by atoms with E-state index in [2.05, 4.69) is 4.98 Å². The summed E-state index contributed by atoms with van der Waals surface area (Å²) in [5.74, 6) is 0.590. The van der Waals surface area contributed by atoms with E-state index in [9.17, 15) is 27.6 Å². The highest BCUT2D eigenvalue weighted by molar-refractivity contribution is 5.81. The summed E-state index contributed by atoms with van der Waals surface area (Å²) in [7, 11) is 2.89. The van der Waals surface area contributed by atoms with Gasteiger partial charge in [0.2, 0.25) is 5.91 Å². The summed E-state index contributed by atoms with van der Waals surface area (Å²) >= 11 is 0. The molecule has 0 spiro atoms. The number of piperazine rings is 1. The van der Waals surface area contributed by atoms with Crippen LogP contribution in [-0.2, 0) is 17.5 Å². The summed E-state index contributed by atoms with van der Waals surface area (Å²) in [6.45, 7) is 1.60. The lowest BCUT2D eigenvalue weighted by Gasteiger charge is -2.36. The lowest BCUT2D eigenvalue weighted by atomic mass is 10.1. The van der Waals surface area contributed by atoms with Crippen LogP contribution in [0, 0.1) is 0 Å². The molecule has 0 bridgehead atoms. The second kappa shape index (κ2) is 10.6. The van der Waals surface area contributed by atoms with Crippen molar-refractivity contribution >= 4 is 22.5 Å². The van der Waals surface area contributed by atoms with Crippen LogP contribution in [0.5, 0.6) is 11.5 Å². The molecule has 2 heterocycles. The van der Waals surface area contributed by atoms with Gasteiger partial charge in [0, 0.05) is 50.9 Å². The second-order valence-electron chi connectivity index (χ2n) is 8.66. The highest BCUT2D eigenvalue weighted by atomic mass is 19.4. The zero-order valence-electron chi connectivity index (χ0n) is 20.4. The Kier molecular flexibility index (Phi) is 7.46. The van der Waals surface area contributed by atoms with Crippen molar-refractivity contribution in [2.45, 2.75) is 25.6 Å². The summed E-state index contributed by atoms with van der Waals surface area (Å²) < 4.78 is 50.5. The lowest BCUT2D eigenvalue weighted by molar-refractivity contribution is -0.137. The first-order valence-electron chi connectivity index (χ1n) is 11.7. The van der Waals surface area contributed by atoms with Crippen LogP contribution in [0.4, 0.5) is 18.9 Å². The number of fused-ring (bicyclic) bond motifs is 1. The first-order chi connectivity index (χ1) is 17.6. The molecule has 1 aromatic heterocycles. The van der Waals surface area contributed by atoms with Crippen LogP contribution in [0.1, 0.15) is 18.4 Å². The molecule has 1 amide bonds. The van der Waals surface area contributed by atoms with E-state index in [1.54, 1.807) is 11.0 Å². The van der Waals surface area contributed by atoms with Gasteiger partial charge in [-0.15, -0.1) is 0 Å². The van der Waals surface area contributed by atoms with Gasteiger partial charge in [0.05, 0.1) is 30.7 Å². The highest BCUT2D eigenvalue weighted by Gasteiger charge is 2.31. The average molecular weight is 521 g/mol. The number of hydrogen-bond acceptors (Lipinski definition) is 6. The number of ether oxygens (including phenoxy) is 2. The summed E-state index contributed by atoms with van der Waals surface area (Å²) in [4.78, 5) is 44.3. The van der Waals surface area contributed by atoms with E-state index >= 15 is 0 Å². The van der Waals surface area contributed by atoms with Crippen molar-refractivity contribution in [3.05, 3.63) is 62.8 Å². The molecule has 1 aliphatic heterocycles. The number of hydrogen-bond donors (Lipinski definition) is 1. The smallest absolute Gasteiger partial charge is 0.416 e. The number of H-pyrrole nitrogens is 1. The molecule has 1 fully saturated rings. The Morgan fingerprint density at radius 1 is 1.00 bits per heavy atom. The minimum absolute atomic E-state index is 0.0500. The monoisotopic (exact) mass is 520 g/mol. The molecular formula is C25H27F3N4O5. The maximum atomic E-state index is 13.0. The van der Waals surface area contributed by atoms with Gasteiger partial charge in [-0.25, -0.2) is 4.79 Å². The Morgan fingerprint density at radius 2 is 1.68 bits per heavy atom. The number of anilines is 1. The number of methoxy groups -OCH3 is 2. The molecule has 1 saturated heterocycles. The van der Waals surface area contributed by atoms with Gasteiger partial charge in [-0.05, 0) is 30.7 Å². The fourth-order valence-electron chi connectivity index (χ4n) is 4.42. The van der Waals surface area contributed by atoms with Crippen molar-refractivity contribution in [2.75, 3.05) is 45.3 Å². The first kappa shape index (κ1) is 26.1. The Balaban J connectivity index is 1.36. The normalized spacial score (nSPS) is 14.2. The third kappa shape index (κ3) is 5.57. The molecule has 0 unspecified atom stereocenters. The fourth-order valence-corrected chi connectivity index (χ4v) is 4.42. The van der Waals surface area contributed by atoms with Crippen molar-refractivity contribution in [1.82, 2.24) is 14.5 Å². The third-order valence-electron chi connectivity index (χ3n) is 6.43. The number of rotatable bonds is 7. The van der Waals surface area contributed by atoms with Gasteiger partial charge in [0.15, 0.2) is 11.5 Å². The molecule has 0 aliphatic carbocycles. The molecule has 198 valence electrons. The minimum atomic E-state index is -4.42. The van der Waals surface area contributed by atoms with Crippen molar-refractivity contribution in [1.29, 1.82) is 0 Å². The number of nitrogens with one attached hydrogen (secondary N) is 1. The fraction of sp³-hybridized carbons (Fsp3) is 0.400. The second-order valence-corrected chi connectivity index (χ2v) is 8.66. The molecule has 37 heavy (non-hydrogen) atoms. The van der Waals surface area contributed by atoms with Crippen LogP contribution in [0.2, 0.25) is 0 Å². The molecule has 4 rings (SSSR count). The van der Waals surface area contributed by atoms with Crippen LogP contribution >= 0.6 is 0 Å². The van der Waals surface area contributed by atoms with Crippen molar-refractivity contribution in [2.24, 2.45) is 0 Å². The van der Waals surface area contributed by atoms with E-state index in [1.165, 1.54) is 32.4 Å². The Morgan fingerprint density at radius 3 is 2.32 bits per heavy atom. The number of nitrogens with zero attached hydrogens (tertiary/aromatic N) is 3. The van der Waals surface area contributed by atoms with E-state index in [0.29, 0.717) is 48.9 Å². The minimum Gasteiger partial charge on any atom is -0.493 e. The topological polar surface area (TPSA) is 96.9 Å². The molecule has 1 aliphatic rings. The van der Waals surface area contributed by atoms with Crippen LogP contribution in [-0.4, -0.2) is 60.8 Å². The standard InChI is InChI=1S/C25H27F3N4O5/c1-36-20-14-18-19(15-21(20)37-2)29-24(35)32(23(18)34)8-4-7-22(33)31-11-9-30(10-12-31)17-6-3-5-16(13-17)25(26,27)28/h3,5-6,13-15H,4,7-12H2,1-2H3,(H,29,35). The number of aromatic nitrogens is 2. The summed E-state index contributed by atoms with van der Waals surface area (Å²) in [5, 5.41) is 0.259. The number of alkyl halides is 3. The SMILES string of the molecule is COc1cc2[nH]c(=O)n(CCCC(=O)N3CCN(c4cccc(C(F)(F)F)c4)CC3)c(=O)c2cc1OC. The van der Waals surface area contributed by atoms with Crippen LogP contribution in [0.15, 0.2) is 46.0 Å². The summed E-state index contributed by atoms with van der Waals surface area (Å²) in [6, 6.07) is 8.16. The third-order valence-corrected chi connectivity index (χ3v) is 6.43. The first-order valence-corrected chi connectivity index (χ1v) is 11.7. The largest absolute Gasteiger partial charge is 0.493 e. The van der Waals surface area contributed by atoms with E-state index in [1.807, 2.05) is 4.90 Å². The quantitative estimate of drug-likeness (QED) is 0.515. The zero-order valence-corrected chi connectivity index (χ0v) is 20.4. The lowest BCUT2D eigenvalue weighted by Crippen LogP contribution is -2.48. The van der Waals surface area contributed by atoms with Crippen molar-refractivity contribution < 1.29 is 27.4 Å². The Bertz CT molecular complexity index is 1410. The van der Waals surface area contributed by atoms with Crippen LogP contribution in [0.3, 0.4) is 0 Å². The van der Waals surface area contributed by atoms with Gasteiger partial charge >= 0.3 is 11.9 Å². The van der Waals surface area contributed by atoms with E-state index in [0.717, 1.165) is 16.7 Å². The van der Waals surface area contributed by atoms with Gasteiger partial charge in [-0.2, -0.15) is 13.2 Å². The molecule has 3 aromatic rings. The van der Waals surface area contributed by atoms with Crippen LogP contribution < -0.4 is 25.6 Å². The molecule has 12 heteroatoms. The molecule has 9 nitrogen and oxygen atoms in total. The highest BCUT2D eigenvalue weighted by Crippen LogP contribution is 2.32. The summed E-state index contributed by atoms with van der Waals surface area (Å²) in [5.41, 5.74) is -1.02. The average Bonchev–Trinajstić information content (AvgIpc) is 2.89. The zero-order chi connectivity index (χ0) is 26.7. The number of amides is 1. The maximum absolute atomic E-state index is 13.0. The molecular weight excluding hydrogens is 493 g/mol. The number of benzene rings is 2. The van der Waals surface area contributed by atoms with E-state index < -0.39 is 23.0 Å². The van der Waals surface area contributed by atoms with Gasteiger partial charge < -0.3 is 24.3 Å². The molecule has 0 saturated carbocycles. The number of carbonyl (C=O) groups excluding carboxylic acids is 1. The van der Waals surface area contributed by atoms with E-state index in [4.69, 9.17) is 9.47 Å². The van der Waals surface area contributed by atoms with Gasteiger partial charge in [0.25, 0.3) is 5.56 Å². The summed E-state index contributed by atoms with van der Waals surface area (Å²) in [6.07, 6.45) is -4.02. The maximum Gasteiger partial charge on any atom is 0.416 e. The predicted molar refractivity (Wildman–Crippen MR) is 131 cm³/mol. The number of carbonyl (C=O) groups is 1. The molecule has 0 radical (unpaired) electrons. The van der Waals surface area contributed by atoms with Crippen LogP contribution in [0.25, 0.3) is 10.9 Å². The molecule has 1 N–H and O–H groups in total. The van der Waals surface area contributed by atoms with E-state index in [-0.39, 0.29) is 30.7 Å². The van der Waals surface area contributed by atoms with Crippen molar-refractivity contribution in [3.8, 4) is 11.5 Å². The predicted octanol–water partition coefficient (Wildman–Crippen LogP) is 2.85. The number of aromatic amines is 1. The van der Waals surface area contributed by atoms with Gasteiger partial charge in [-0.1, -0.05) is 6.07 Å². The van der Waals surface area contributed by atoms with Crippen molar-refractivity contribution in [3.63, 3.8) is 0 Å². The Labute approximate surface area is 210 Å². The molecule has 0 atom stereocenters.